The molecule has 0 aromatic rings. The summed E-state index contributed by atoms with van der Waals surface area (Å²) >= 11 is 0. The van der Waals surface area contributed by atoms with Gasteiger partial charge in [-0.3, -0.25) is 4.57 Å². The number of hydrogen-bond donors (Lipinski definition) is 0. The van der Waals surface area contributed by atoms with Crippen molar-refractivity contribution in [2.24, 2.45) is 0 Å². The summed E-state index contributed by atoms with van der Waals surface area (Å²) in [5.41, 5.74) is 0. The van der Waals surface area contributed by atoms with Crippen LogP contribution in [0.2, 0.25) is 0 Å². The van der Waals surface area contributed by atoms with Crippen molar-refractivity contribution in [3.8, 4) is 0 Å². The first-order valence-electron chi connectivity index (χ1n) is 2.84. The van der Waals surface area contributed by atoms with Crippen molar-refractivity contribution in [2.45, 2.75) is 13.3 Å². The Morgan fingerprint density at radius 3 is 2.50 bits per heavy atom. The maximum atomic E-state index is 11.0. The van der Waals surface area contributed by atoms with Gasteiger partial charge < -0.3 is 9.05 Å². The summed E-state index contributed by atoms with van der Waals surface area (Å²) in [5, 5.41) is 0. The summed E-state index contributed by atoms with van der Waals surface area (Å²) in [6.45, 7) is 3.83. The molecule has 5 heteroatoms. The van der Waals surface area contributed by atoms with E-state index in [1.165, 1.54) is 6.66 Å². The Balaban J connectivity index is 0.000000810. The van der Waals surface area contributed by atoms with E-state index in [2.05, 4.69) is 0 Å². The van der Waals surface area contributed by atoms with Crippen LogP contribution in [-0.2, 0) is 32.2 Å². The van der Waals surface area contributed by atoms with Gasteiger partial charge in [-0.25, -0.2) is 0 Å². The zero-order chi connectivity index (χ0) is 6.91. The molecule has 0 unspecified atom stereocenters. The first-order valence-corrected chi connectivity index (χ1v) is 4.83. The SMILES string of the molecule is C[C-]1CCO[P@@](C)(=O)O1.[V]. The summed E-state index contributed by atoms with van der Waals surface area (Å²) in [6, 6.07) is 0. The molecule has 1 aliphatic rings. The first-order chi connectivity index (χ1) is 4.10. The monoisotopic (exact) mass is 200 g/mol. The van der Waals surface area contributed by atoms with Crippen LogP contribution >= 0.6 is 7.60 Å². The van der Waals surface area contributed by atoms with E-state index in [0.29, 0.717) is 6.61 Å². The van der Waals surface area contributed by atoms with Gasteiger partial charge in [-0.05, 0) is 0 Å². The van der Waals surface area contributed by atoms with Crippen LogP contribution in [0.3, 0.4) is 0 Å². The number of hydrogen-bond acceptors (Lipinski definition) is 3. The molecule has 1 fully saturated rings. The number of rotatable bonds is 0. The van der Waals surface area contributed by atoms with Crippen molar-refractivity contribution < 1.29 is 32.2 Å². The molecule has 0 amide bonds. The molecular formula is C5H10O3PV-. The van der Waals surface area contributed by atoms with Crippen LogP contribution in [0.25, 0.3) is 0 Å². The molecule has 1 saturated heterocycles. The minimum Gasteiger partial charge on any atom is -0.483 e. The summed E-state index contributed by atoms with van der Waals surface area (Å²) in [6.07, 6.45) is 1.57. The Labute approximate surface area is 72.9 Å². The van der Waals surface area contributed by atoms with E-state index in [4.69, 9.17) is 9.05 Å². The maximum Gasteiger partial charge on any atom is 0.297 e. The normalized spacial score (nSPS) is 35.0. The standard InChI is InChI=1S/C5H10O3P.V/c1-5-3-4-7-9(2,6)8-5;/h3-4H2,1-2H3;/q-1;/t9-;/m1./s1. The third-order valence-corrected chi connectivity index (χ3v) is 2.40. The third-order valence-electron chi connectivity index (χ3n) is 1.10. The predicted octanol–water partition coefficient (Wildman–Crippen LogP) is 1.80. The van der Waals surface area contributed by atoms with Crippen LogP contribution < -0.4 is 0 Å². The van der Waals surface area contributed by atoms with Gasteiger partial charge in [0.2, 0.25) is 0 Å². The van der Waals surface area contributed by atoms with Crippen LogP contribution in [0, 0.1) is 6.10 Å². The average Bonchev–Trinajstić information content (AvgIpc) is 1.60. The second-order valence-corrected chi connectivity index (χ2v) is 4.13. The van der Waals surface area contributed by atoms with E-state index < -0.39 is 7.60 Å². The van der Waals surface area contributed by atoms with Gasteiger partial charge in [0.05, 0.1) is 0 Å². The second kappa shape index (κ2) is 3.94. The second-order valence-electron chi connectivity index (χ2n) is 2.15. The quantitative estimate of drug-likeness (QED) is 0.441. The fraction of sp³-hybridized carbons (Fsp3) is 0.800. The van der Waals surface area contributed by atoms with E-state index in [1.54, 1.807) is 0 Å². The van der Waals surface area contributed by atoms with Crippen molar-refractivity contribution in [3.05, 3.63) is 6.10 Å². The summed E-state index contributed by atoms with van der Waals surface area (Å²) < 4.78 is 20.8. The van der Waals surface area contributed by atoms with E-state index in [9.17, 15) is 4.57 Å². The predicted molar refractivity (Wildman–Crippen MR) is 34.1 cm³/mol. The Morgan fingerprint density at radius 2 is 2.20 bits per heavy atom. The molecular weight excluding hydrogens is 190 g/mol. The maximum absolute atomic E-state index is 11.0. The summed E-state index contributed by atoms with van der Waals surface area (Å²) in [5.74, 6) is 0. The average molecular weight is 200 g/mol. The van der Waals surface area contributed by atoms with Crippen LogP contribution in [-0.4, -0.2) is 13.3 Å². The third kappa shape index (κ3) is 3.22. The molecule has 0 bridgehead atoms. The van der Waals surface area contributed by atoms with Gasteiger partial charge in [0.25, 0.3) is 7.60 Å². The molecule has 0 N–H and O–H groups in total. The Kier molecular flexibility index (Phi) is 4.23. The fourth-order valence-electron chi connectivity index (χ4n) is 0.710. The molecule has 10 heavy (non-hydrogen) atoms. The van der Waals surface area contributed by atoms with Gasteiger partial charge in [0.1, 0.15) is 0 Å². The van der Waals surface area contributed by atoms with Crippen LogP contribution in [0.4, 0.5) is 0 Å². The molecule has 0 aromatic carbocycles. The molecule has 1 atom stereocenters. The molecule has 0 spiro atoms. The van der Waals surface area contributed by atoms with Gasteiger partial charge in [0, 0.05) is 31.8 Å². The minimum absolute atomic E-state index is 0. The van der Waals surface area contributed by atoms with E-state index >= 15 is 0 Å². The molecule has 0 aliphatic carbocycles. The van der Waals surface area contributed by atoms with E-state index in [1.807, 2.05) is 6.92 Å². The van der Waals surface area contributed by atoms with Crippen molar-refractivity contribution in [3.63, 3.8) is 0 Å². The largest absolute Gasteiger partial charge is 0.483 e. The molecule has 0 aromatic heterocycles. The molecule has 1 radical (unpaired) electrons. The van der Waals surface area contributed by atoms with Gasteiger partial charge in [-0.2, -0.15) is 13.0 Å². The smallest absolute Gasteiger partial charge is 0.297 e. The Bertz CT molecular complexity index is 150. The van der Waals surface area contributed by atoms with Crippen molar-refractivity contribution in [2.75, 3.05) is 13.3 Å². The van der Waals surface area contributed by atoms with Gasteiger partial charge in [0.15, 0.2) is 0 Å². The Morgan fingerprint density at radius 1 is 1.60 bits per heavy atom. The zero-order valence-corrected chi connectivity index (χ0v) is 8.32. The molecule has 59 valence electrons. The zero-order valence-electron chi connectivity index (χ0n) is 6.03. The van der Waals surface area contributed by atoms with Crippen molar-refractivity contribution >= 4 is 7.60 Å². The van der Waals surface area contributed by atoms with Gasteiger partial charge in [-0.15, -0.1) is 6.42 Å². The molecule has 1 rings (SSSR count). The van der Waals surface area contributed by atoms with Crippen LogP contribution in [0.5, 0.6) is 0 Å². The molecule has 0 saturated carbocycles. The van der Waals surface area contributed by atoms with Crippen LogP contribution in [0.1, 0.15) is 13.3 Å². The summed E-state index contributed by atoms with van der Waals surface area (Å²) in [4.78, 5) is 0. The van der Waals surface area contributed by atoms with E-state index in [-0.39, 0.29) is 18.6 Å². The van der Waals surface area contributed by atoms with Crippen molar-refractivity contribution in [1.29, 1.82) is 0 Å². The van der Waals surface area contributed by atoms with E-state index in [0.717, 1.165) is 12.5 Å². The molecule has 1 aliphatic heterocycles. The molecule has 3 nitrogen and oxygen atoms in total. The first kappa shape index (κ1) is 10.7. The molecule has 1 heterocycles. The fourth-order valence-corrected chi connectivity index (χ4v) is 1.84. The van der Waals surface area contributed by atoms with Crippen LogP contribution in [0.15, 0.2) is 0 Å². The van der Waals surface area contributed by atoms with Crippen molar-refractivity contribution in [1.82, 2.24) is 0 Å². The minimum atomic E-state index is -2.68. The summed E-state index contributed by atoms with van der Waals surface area (Å²) in [7, 11) is -2.68. The Hall–Kier alpha value is 0.734. The van der Waals surface area contributed by atoms with Gasteiger partial charge in [-0.1, -0.05) is 0 Å². The van der Waals surface area contributed by atoms with Gasteiger partial charge >= 0.3 is 0 Å². The topological polar surface area (TPSA) is 35.5 Å².